The van der Waals surface area contributed by atoms with Crippen molar-refractivity contribution < 1.29 is 9.53 Å². The Balaban J connectivity index is 2.43. The highest BCUT2D eigenvalue weighted by Crippen LogP contribution is 2.30. The number of para-hydroxylation sites is 1. The largest absolute Gasteiger partial charge is 0.462 e. The van der Waals surface area contributed by atoms with Crippen LogP contribution in [0.3, 0.4) is 0 Å². The van der Waals surface area contributed by atoms with Gasteiger partial charge in [-0.25, -0.2) is 4.79 Å². The van der Waals surface area contributed by atoms with Gasteiger partial charge in [0, 0.05) is 10.2 Å². The smallest absolute Gasteiger partial charge is 0.340 e. The first-order valence-corrected chi connectivity index (χ1v) is 7.41. The fourth-order valence-electron chi connectivity index (χ4n) is 1.95. The monoisotopic (exact) mass is 348 g/mol. The summed E-state index contributed by atoms with van der Waals surface area (Å²) in [5.41, 5.74) is 9.44. The van der Waals surface area contributed by atoms with Crippen LogP contribution in [0.1, 0.15) is 22.8 Å². The van der Waals surface area contributed by atoms with Gasteiger partial charge in [0.1, 0.15) is 0 Å². The molecule has 0 atom stereocenters. The van der Waals surface area contributed by atoms with E-state index in [1.807, 2.05) is 25.1 Å². The van der Waals surface area contributed by atoms with Crippen LogP contribution in [-0.2, 0) is 4.74 Å². The Labute approximate surface area is 132 Å². The minimum Gasteiger partial charge on any atom is -0.462 e. The third-order valence-electron chi connectivity index (χ3n) is 3.05. The van der Waals surface area contributed by atoms with Crippen molar-refractivity contribution in [3.05, 3.63) is 52.0 Å². The zero-order valence-corrected chi connectivity index (χ0v) is 13.5. The van der Waals surface area contributed by atoms with Gasteiger partial charge in [-0.1, -0.05) is 28.1 Å². The van der Waals surface area contributed by atoms with Gasteiger partial charge in [-0.2, -0.15) is 0 Å². The molecule has 0 heterocycles. The summed E-state index contributed by atoms with van der Waals surface area (Å²) in [6.45, 7) is 4.08. The zero-order chi connectivity index (χ0) is 15.4. The minimum absolute atomic E-state index is 0.322. The molecule has 2 aromatic carbocycles. The van der Waals surface area contributed by atoms with Crippen LogP contribution in [0, 0.1) is 6.92 Å². The molecule has 0 fully saturated rings. The summed E-state index contributed by atoms with van der Waals surface area (Å²) in [5.74, 6) is -0.389. The van der Waals surface area contributed by atoms with E-state index >= 15 is 0 Å². The standard InChI is InChI=1S/C16H17BrN2O2/c1-3-21-16(20)12-5-4-6-13(18)15(12)19-14-9-11(17)8-7-10(14)2/h4-9,19H,3,18H2,1-2H3. The highest BCUT2D eigenvalue weighted by atomic mass is 79.9. The van der Waals surface area contributed by atoms with E-state index < -0.39 is 0 Å². The number of nitrogen functional groups attached to an aromatic ring is 1. The number of esters is 1. The number of hydrogen-bond donors (Lipinski definition) is 2. The lowest BCUT2D eigenvalue weighted by Crippen LogP contribution is -2.10. The number of nitrogens with one attached hydrogen (secondary N) is 1. The van der Waals surface area contributed by atoms with E-state index in [2.05, 4.69) is 21.2 Å². The van der Waals surface area contributed by atoms with Crippen LogP contribution < -0.4 is 11.1 Å². The molecule has 0 unspecified atom stereocenters. The molecule has 5 heteroatoms. The molecule has 0 saturated carbocycles. The molecule has 0 aliphatic carbocycles. The molecule has 110 valence electrons. The maximum Gasteiger partial charge on any atom is 0.340 e. The molecular weight excluding hydrogens is 332 g/mol. The first-order valence-electron chi connectivity index (χ1n) is 6.61. The molecule has 0 amide bonds. The number of anilines is 3. The topological polar surface area (TPSA) is 64.3 Å². The molecular formula is C16H17BrN2O2. The second-order valence-electron chi connectivity index (χ2n) is 4.57. The van der Waals surface area contributed by atoms with Gasteiger partial charge in [0.05, 0.1) is 23.5 Å². The highest BCUT2D eigenvalue weighted by Gasteiger charge is 2.15. The van der Waals surface area contributed by atoms with Crippen LogP contribution in [0.4, 0.5) is 17.1 Å². The number of rotatable bonds is 4. The normalized spacial score (nSPS) is 10.2. The van der Waals surface area contributed by atoms with E-state index in [0.29, 0.717) is 23.5 Å². The summed E-state index contributed by atoms with van der Waals surface area (Å²) in [6, 6.07) is 11.1. The number of nitrogens with two attached hydrogens (primary N) is 1. The molecule has 4 nitrogen and oxygen atoms in total. The molecule has 21 heavy (non-hydrogen) atoms. The van der Waals surface area contributed by atoms with E-state index in [0.717, 1.165) is 15.7 Å². The minimum atomic E-state index is -0.389. The Kier molecular flexibility index (Phi) is 4.85. The number of ether oxygens (including phenoxy) is 1. The number of benzene rings is 2. The van der Waals surface area contributed by atoms with E-state index in [-0.39, 0.29) is 5.97 Å². The quantitative estimate of drug-likeness (QED) is 0.639. The van der Waals surface area contributed by atoms with E-state index in [9.17, 15) is 4.79 Å². The molecule has 3 N–H and O–H groups in total. The Morgan fingerprint density at radius 2 is 2.10 bits per heavy atom. The van der Waals surface area contributed by atoms with Gasteiger partial charge in [-0.3, -0.25) is 0 Å². The summed E-state index contributed by atoms with van der Waals surface area (Å²) in [5, 5.41) is 3.23. The molecule has 2 aromatic rings. The van der Waals surface area contributed by atoms with Crippen molar-refractivity contribution in [2.45, 2.75) is 13.8 Å². The van der Waals surface area contributed by atoms with Crippen molar-refractivity contribution in [3.63, 3.8) is 0 Å². The summed E-state index contributed by atoms with van der Waals surface area (Å²) >= 11 is 3.44. The van der Waals surface area contributed by atoms with Crippen molar-refractivity contribution in [3.8, 4) is 0 Å². The number of halogens is 1. The Hall–Kier alpha value is -2.01. The van der Waals surface area contributed by atoms with Crippen LogP contribution >= 0.6 is 15.9 Å². The molecule has 0 radical (unpaired) electrons. The van der Waals surface area contributed by atoms with Crippen LogP contribution in [0.15, 0.2) is 40.9 Å². The van der Waals surface area contributed by atoms with Crippen LogP contribution in [0.25, 0.3) is 0 Å². The van der Waals surface area contributed by atoms with E-state index in [1.54, 1.807) is 25.1 Å². The van der Waals surface area contributed by atoms with Gasteiger partial charge in [0.2, 0.25) is 0 Å². The van der Waals surface area contributed by atoms with Crippen molar-refractivity contribution in [1.29, 1.82) is 0 Å². The number of carbonyl (C=O) groups excluding carboxylic acids is 1. The van der Waals surface area contributed by atoms with Gasteiger partial charge in [-0.05, 0) is 43.7 Å². The maximum absolute atomic E-state index is 12.0. The lowest BCUT2D eigenvalue weighted by Gasteiger charge is -2.15. The second-order valence-corrected chi connectivity index (χ2v) is 5.49. The number of hydrogen-bond acceptors (Lipinski definition) is 4. The molecule has 0 saturated heterocycles. The predicted octanol–water partition coefficient (Wildman–Crippen LogP) is 4.26. The van der Waals surface area contributed by atoms with Gasteiger partial charge in [-0.15, -0.1) is 0 Å². The van der Waals surface area contributed by atoms with Crippen molar-refractivity contribution in [1.82, 2.24) is 0 Å². The van der Waals surface area contributed by atoms with Crippen LogP contribution in [-0.4, -0.2) is 12.6 Å². The predicted molar refractivity (Wildman–Crippen MR) is 89.0 cm³/mol. The molecule has 0 aliphatic heterocycles. The van der Waals surface area contributed by atoms with Crippen LogP contribution in [0.5, 0.6) is 0 Å². The van der Waals surface area contributed by atoms with Crippen molar-refractivity contribution in [2.24, 2.45) is 0 Å². The Morgan fingerprint density at radius 1 is 1.33 bits per heavy atom. The van der Waals surface area contributed by atoms with E-state index in [4.69, 9.17) is 10.5 Å². The number of aryl methyl sites for hydroxylation is 1. The molecule has 0 aliphatic rings. The first kappa shape index (κ1) is 15.4. The van der Waals surface area contributed by atoms with Crippen molar-refractivity contribution >= 4 is 39.0 Å². The fraction of sp³-hybridized carbons (Fsp3) is 0.188. The van der Waals surface area contributed by atoms with Crippen LogP contribution in [0.2, 0.25) is 0 Å². The molecule has 0 bridgehead atoms. The van der Waals surface area contributed by atoms with Gasteiger partial charge in [0.25, 0.3) is 0 Å². The van der Waals surface area contributed by atoms with E-state index in [1.165, 1.54) is 0 Å². The van der Waals surface area contributed by atoms with Crippen molar-refractivity contribution in [2.75, 3.05) is 17.7 Å². The average molecular weight is 349 g/mol. The third kappa shape index (κ3) is 3.55. The van der Waals surface area contributed by atoms with Gasteiger partial charge >= 0.3 is 5.97 Å². The third-order valence-corrected chi connectivity index (χ3v) is 3.54. The average Bonchev–Trinajstić information content (AvgIpc) is 2.45. The SMILES string of the molecule is CCOC(=O)c1cccc(N)c1Nc1cc(Br)ccc1C. The highest BCUT2D eigenvalue weighted by molar-refractivity contribution is 9.10. The van der Waals surface area contributed by atoms with Gasteiger partial charge < -0.3 is 15.8 Å². The lowest BCUT2D eigenvalue weighted by molar-refractivity contribution is 0.0527. The maximum atomic E-state index is 12.0. The molecule has 0 spiro atoms. The molecule has 2 rings (SSSR count). The first-order chi connectivity index (χ1) is 10.0. The Morgan fingerprint density at radius 3 is 2.81 bits per heavy atom. The zero-order valence-electron chi connectivity index (χ0n) is 11.9. The second kappa shape index (κ2) is 6.63. The summed E-state index contributed by atoms with van der Waals surface area (Å²) in [7, 11) is 0. The summed E-state index contributed by atoms with van der Waals surface area (Å²) in [4.78, 5) is 12.0. The lowest BCUT2D eigenvalue weighted by atomic mass is 10.1. The fourth-order valence-corrected chi connectivity index (χ4v) is 2.31. The van der Waals surface area contributed by atoms with Gasteiger partial charge in [0.15, 0.2) is 0 Å². The molecule has 0 aromatic heterocycles. The summed E-state index contributed by atoms with van der Waals surface area (Å²) in [6.07, 6.45) is 0. The summed E-state index contributed by atoms with van der Waals surface area (Å²) < 4.78 is 6.02. The number of carbonyl (C=O) groups is 1. The Bertz CT molecular complexity index is 671.